The summed E-state index contributed by atoms with van der Waals surface area (Å²) in [6, 6.07) is 0. The molecule has 0 spiro atoms. The number of rotatable bonds is 6. The van der Waals surface area contributed by atoms with Crippen molar-refractivity contribution in [2.24, 2.45) is 5.92 Å². The summed E-state index contributed by atoms with van der Waals surface area (Å²) >= 11 is 0. The number of hydrogen-bond donors (Lipinski definition) is 1. The third kappa shape index (κ3) is 3.05. The van der Waals surface area contributed by atoms with Crippen LogP contribution in [0.4, 0.5) is 0 Å². The Balaban J connectivity index is 2.42. The van der Waals surface area contributed by atoms with Crippen LogP contribution in [0.1, 0.15) is 27.2 Å². The zero-order chi connectivity index (χ0) is 17.1. The number of ether oxygens (including phenoxy) is 1. The van der Waals surface area contributed by atoms with Gasteiger partial charge in [0, 0.05) is 28.9 Å². The first-order valence-electron chi connectivity index (χ1n) is 7.19. The van der Waals surface area contributed by atoms with Crippen LogP contribution < -0.4 is 5.48 Å². The summed E-state index contributed by atoms with van der Waals surface area (Å²) in [7, 11) is 2.80. The molecular weight excluding hydrogens is 300 g/mol. The minimum atomic E-state index is -0.946. The van der Waals surface area contributed by atoms with Crippen molar-refractivity contribution in [1.82, 2.24) is 5.48 Å². The maximum absolute atomic E-state index is 11.8. The van der Waals surface area contributed by atoms with Crippen molar-refractivity contribution in [1.29, 1.82) is 0 Å². The molecule has 0 saturated heterocycles. The number of aldehydes is 1. The summed E-state index contributed by atoms with van der Waals surface area (Å²) in [5.74, 6) is -0.992. The van der Waals surface area contributed by atoms with Crippen LogP contribution in [0, 0.1) is 5.92 Å². The molecule has 1 unspecified atom stereocenters. The molecule has 0 amide bonds. The van der Waals surface area contributed by atoms with E-state index >= 15 is 0 Å². The fraction of sp³-hybridized carbons (Fsp3) is 0.438. The minimum absolute atomic E-state index is 0.447. The second kappa shape index (κ2) is 6.78. The lowest BCUT2D eigenvalue weighted by atomic mass is 9.87. The Kier molecular flexibility index (Phi) is 5.00. The molecule has 1 aliphatic carbocycles. The van der Waals surface area contributed by atoms with E-state index in [-0.39, 0.29) is 0 Å². The molecule has 2 bridgehead atoms. The Bertz CT molecular complexity index is 670. The van der Waals surface area contributed by atoms with E-state index in [1.54, 1.807) is 4.74 Å². The van der Waals surface area contributed by atoms with Gasteiger partial charge in [0.1, 0.15) is 17.9 Å². The lowest BCUT2D eigenvalue weighted by molar-refractivity contribution is -0.741. The van der Waals surface area contributed by atoms with Gasteiger partial charge in [-0.15, -0.1) is 0 Å². The number of nitrogens with one attached hydrogen (secondary N) is 1. The van der Waals surface area contributed by atoms with Gasteiger partial charge in [0.25, 0.3) is 5.70 Å². The van der Waals surface area contributed by atoms with E-state index in [2.05, 4.69) is 5.48 Å². The molecule has 2 aliphatic heterocycles. The van der Waals surface area contributed by atoms with Crippen LogP contribution in [0.25, 0.3) is 0 Å². The molecule has 3 aliphatic rings. The fourth-order valence-corrected chi connectivity index (χ4v) is 2.63. The van der Waals surface area contributed by atoms with Gasteiger partial charge in [0.05, 0.1) is 20.6 Å². The van der Waals surface area contributed by atoms with Gasteiger partial charge in [0.15, 0.2) is 0 Å². The average molecular weight is 321 g/mol. The first-order chi connectivity index (χ1) is 10.9. The Hall–Kier alpha value is -2.41. The van der Waals surface area contributed by atoms with E-state index in [9.17, 15) is 9.59 Å². The average Bonchev–Trinajstić information content (AvgIpc) is 2.54. The molecule has 1 N–H and O–H groups in total. The van der Waals surface area contributed by atoms with Gasteiger partial charge in [-0.3, -0.25) is 15.1 Å². The van der Waals surface area contributed by atoms with E-state index in [0.29, 0.717) is 24.0 Å². The van der Waals surface area contributed by atoms with Crippen LogP contribution in [0.5, 0.6) is 0 Å². The molecule has 0 fully saturated rings. The van der Waals surface area contributed by atoms with E-state index in [4.69, 9.17) is 14.4 Å². The molecule has 0 aromatic rings. The molecule has 3 rings (SSSR count). The standard InChI is InChI=1S/C16H21N2O5/c1-9-6-12-7-13(14(8-19)16(20)21-4)15(9)23-18(12)11(3)10(2)17-22-5/h6,8,14,17H,7H2,1-5H3/q+1. The summed E-state index contributed by atoms with van der Waals surface area (Å²) in [6.45, 7) is 5.62. The summed E-state index contributed by atoms with van der Waals surface area (Å²) < 4.78 is 6.38. The minimum Gasteiger partial charge on any atom is -0.468 e. The van der Waals surface area contributed by atoms with Crippen LogP contribution in [-0.2, 0) is 24.0 Å². The first kappa shape index (κ1) is 17.0. The second-order valence-electron chi connectivity index (χ2n) is 5.39. The molecule has 0 aromatic heterocycles. The predicted octanol–water partition coefficient (Wildman–Crippen LogP) is 1.38. The summed E-state index contributed by atoms with van der Waals surface area (Å²) in [4.78, 5) is 34.0. The highest BCUT2D eigenvalue weighted by molar-refractivity contribution is 6.00. The number of esters is 1. The molecular formula is C16H21N2O5+. The highest BCUT2D eigenvalue weighted by Crippen LogP contribution is 2.35. The van der Waals surface area contributed by atoms with Crippen molar-refractivity contribution < 1.29 is 28.7 Å². The van der Waals surface area contributed by atoms with Crippen molar-refractivity contribution in [3.63, 3.8) is 0 Å². The number of nitrogens with zero attached hydrogens (tertiary/aromatic N) is 1. The Morgan fingerprint density at radius 2 is 2.13 bits per heavy atom. The van der Waals surface area contributed by atoms with Crippen molar-refractivity contribution in [3.05, 3.63) is 34.4 Å². The van der Waals surface area contributed by atoms with Crippen LogP contribution in [0.15, 0.2) is 34.4 Å². The molecule has 0 radical (unpaired) electrons. The molecule has 2 heterocycles. The van der Waals surface area contributed by atoms with Crippen LogP contribution >= 0.6 is 0 Å². The van der Waals surface area contributed by atoms with Crippen molar-refractivity contribution in [3.8, 4) is 0 Å². The lowest BCUT2D eigenvalue weighted by Gasteiger charge is -2.25. The number of carbonyl (C=O) groups excluding carboxylic acids is 2. The second-order valence-corrected chi connectivity index (χ2v) is 5.39. The quantitative estimate of drug-likeness (QED) is 0.262. The number of allylic oxidation sites excluding steroid dienone is 4. The third-order valence-corrected chi connectivity index (χ3v) is 3.92. The summed E-state index contributed by atoms with van der Waals surface area (Å²) in [6.07, 6.45) is 3.02. The molecule has 0 saturated carbocycles. The molecule has 7 nitrogen and oxygen atoms in total. The summed E-state index contributed by atoms with van der Waals surface area (Å²) in [5.41, 5.74) is 6.72. The van der Waals surface area contributed by atoms with Gasteiger partial charge in [0.2, 0.25) is 11.5 Å². The molecule has 124 valence electrons. The fourth-order valence-electron chi connectivity index (χ4n) is 2.63. The van der Waals surface area contributed by atoms with Crippen molar-refractivity contribution in [2.45, 2.75) is 27.2 Å². The maximum Gasteiger partial charge on any atom is 0.320 e. The normalized spacial score (nSPS) is 18.9. The van der Waals surface area contributed by atoms with Crippen LogP contribution in [-0.4, -0.2) is 36.9 Å². The molecule has 7 heteroatoms. The highest BCUT2D eigenvalue weighted by atomic mass is 16.7. The molecule has 23 heavy (non-hydrogen) atoms. The SMILES string of the molecule is CONC(C)=C(C)[N+]1=C2C=C(C)C(=C(C(C=O)C(=O)OC)C2)O1. The van der Waals surface area contributed by atoms with E-state index in [0.717, 1.165) is 22.7 Å². The van der Waals surface area contributed by atoms with Gasteiger partial charge in [-0.2, -0.15) is 0 Å². The number of fused-ring (bicyclic) bond motifs is 2. The Morgan fingerprint density at radius 1 is 1.43 bits per heavy atom. The molecule has 1 atom stereocenters. The highest BCUT2D eigenvalue weighted by Gasteiger charge is 2.41. The first-order valence-corrected chi connectivity index (χ1v) is 7.19. The largest absolute Gasteiger partial charge is 0.468 e. The third-order valence-electron chi connectivity index (χ3n) is 3.92. The van der Waals surface area contributed by atoms with E-state index < -0.39 is 11.9 Å². The Labute approximate surface area is 134 Å². The van der Waals surface area contributed by atoms with Gasteiger partial charge >= 0.3 is 5.97 Å². The number of methoxy groups -OCH3 is 1. The summed E-state index contributed by atoms with van der Waals surface area (Å²) in [5, 5.41) is 0. The zero-order valence-electron chi connectivity index (χ0n) is 13.9. The number of hydrogen-bond acceptors (Lipinski definition) is 6. The van der Waals surface area contributed by atoms with Gasteiger partial charge in [-0.1, -0.05) is 0 Å². The topological polar surface area (TPSA) is 76.9 Å². The smallest absolute Gasteiger partial charge is 0.320 e. The van der Waals surface area contributed by atoms with E-state index in [1.165, 1.54) is 14.2 Å². The lowest BCUT2D eigenvalue weighted by Crippen LogP contribution is -2.35. The number of carbonyl (C=O) groups is 2. The maximum atomic E-state index is 11.8. The van der Waals surface area contributed by atoms with Crippen molar-refractivity contribution >= 4 is 18.0 Å². The van der Waals surface area contributed by atoms with E-state index in [1.807, 2.05) is 26.8 Å². The zero-order valence-corrected chi connectivity index (χ0v) is 13.9. The van der Waals surface area contributed by atoms with Crippen molar-refractivity contribution in [2.75, 3.05) is 14.2 Å². The molecule has 0 aromatic carbocycles. The van der Waals surface area contributed by atoms with Crippen LogP contribution in [0.3, 0.4) is 0 Å². The predicted molar refractivity (Wildman–Crippen MR) is 81.8 cm³/mol. The Morgan fingerprint density at radius 3 is 2.65 bits per heavy atom. The van der Waals surface area contributed by atoms with Crippen LogP contribution in [0.2, 0.25) is 0 Å². The van der Waals surface area contributed by atoms with Gasteiger partial charge in [-0.25, -0.2) is 4.84 Å². The number of hydroxylamine groups is 2. The monoisotopic (exact) mass is 321 g/mol. The van der Waals surface area contributed by atoms with Gasteiger partial charge < -0.3 is 9.53 Å². The van der Waals surface area contributed by atoms with Gasteiger partial charge in [-0.05, 0) is 13.8 Å².